The van der Waals surface area contributed by atoms with Crippen molar-refractivity contribution in [3.05, 3.63) is 24.0 Å². The summed E-state index contributed by atoms with van der Waals surface area (Å²) in [6, 6.07) is 5.48. The second-order valence-corrected chi connectivity index (χ2v) is 5.30. The molecule has 1 aromatic heterocycles. The molecule has 4 nitrogen and oxygen atoms in total. The molecule has 96 valence electrons. The first-order valence-corrected chi connectivity index (χ1v) is 6.44. The predicted molar refractivity (Wildman–Crippen MR) is 70.0 cm³/mol. The topological polar surface area (TPSA) is 68.9 Å². The Balaban J connectivity index is 1.89. The third kappa shape index (κ3) is 3.21. The fourth-order valence-corrected chi connectivity index (χ4v) is 2.31. The molecule has 0 aromatic carbocycles. The minimum absolute atomic E-state index is 0.408. The number of pyridine rings is 1. The van der Waals surface area contributed by atoms with E-state index in [2.05, 4.69) is 17.2 Å². The van der Waals surface area contributed by atoms with Crippen LogP contribution in [0.2, 0.25) is 0 Å². The van der Waals surface area contributed by atoms with Crippen LogP contribution in [0.1, 0.15) is 38.3 Å². The molecule has 4 heteroatoms. The molecule has 0 bridgehead atoms. The molecule has 1 fully saturated rings. The molecule has 0 saturated heterocycles. The zero-order chi connectivity index (χ0) is 13.0. The van der Waals surface area contributed by atoms with Crippen molar-refractivity contribution in [3.8, 4) is 6.07 Å². The van der Waals surface area contributed by atoms with Gasteiger partial charge in [-0.3, -0.25) is 0 Å². The Kier molecular flexibility index (Phi) is 3.83. The van der Waals surface area contributed by atoms with Crippen molar-refractivity contribution in [1.29, 1.82) is 5.26 Å². The van der Waals surface area contributed by atoms with Gasteiger partial charge in [-0.25, -0.2) is 4.98 Å². The minimum Gasteiger partial charge on any atom is -0.388 e. The number of nitrogens with one attached hydrogen (secondary N) is 1. The average Bonchev–Trinajstić information content (AvgIpc) is 2.41. The Morgan fingerprint density at radius 3 is 2.78 bits per heavy atom. The maximum absolute atomic E-state index is 10.4. The van der Waals surface area contributed by atoms with Gasteiger partial charge in [0.05, 0.1) is 17.5 Å². The summed E-state index contributed by atoms with van der Waals surface area (Å²) in [5, 5.41) is 22.3. The number of anilines is 1. The van der Waals surface area contributed by atoms with Crippen molar-refractivity contribution in [2.75, 3.05) is 11.9 Å². The molecule has 0 unspecified atom stereocenters. The molecule has 0 amide bonds. The van der Waals surface area contributed by atoms with Gasteiger partial charge in [0.25, 0.3) is 0 Å². The van der Waals surface area contributed by atoms with Crippen molar-refractivity contribution in [1.82, 2.24) is 4.98 Å². The molecule has 1 aromatic rings. The lowest BCUT2D eigenvalue weighted by molar-refractivity contribution is 0.00501. The summed E-state index contributed by atoms with van der Waals surface area (Å²) >= 11 is 0. The Labute approximate surface area is 108 Å². The Morgan fingerprint density at radius 1 is 1.50 bits per heavy atom. The molecule has 2 N–H and O–H groups in total. The molecular weight excluding hydrogens is 226 g/mol. The van der Waals surface area contributed by atoms with Gasteiger partial charge in [0.1, 0.15) is 11.8 Å². The van der Waals surface area contributed by atoms with Crippen LogP contribution in [0.5, 0.6) is 0 Å². The summed E-state index contributed by atoms with van der Waals surface area (Å²) in [7, 11) is 0. The quantitative estimate of drug-likeness (QED) is 0.857. The molecular formula is C14H19N3O. The van der Waals surface area contributed by atoms with Gasteiger partial charge in [-0.2, -0.15) is 5.26 Å². The molecule has 0 spiro atoms. The Bertz CT molecular complexity index is 427. The van der Waals surface area contributed by atoms with Crippen LogP contribution in [0.4, 0.5) is 5.69 Å². The number of hydrogen-bond acceptors (Lipinski definition) is 4. The third-order valence-electron chi connectivity index (χ3n) is 3.70. The summed E-state index contributed by atoms with van der Waals surface area (Å²) in [6.45, 7) is 2.78. The van der Waals surface area contributed by atoms with Gasteiger partial charge in [0.2, 0.25) is 0 Å². The van der Waals surface area contributed by atoms with Gasteiger partial charge in [-0.05, 0) is 43.7 Å². The van der Waals surface area contributed by atoms with Crippen LogP contribution in [0.15, 0.2) is 18.3 Å². The molecule has 1 saturated carbocycles. The van der Waals surface area contributed by atoms with E-state index >= 15 is 0 Å². The van der Waals surface area contributed by atoms with Crippen LogP contribution in [-0.4, -0.2) is 22.2 Å². The third-order valence-corrected chi connectivity index (χ3v) is 3.70. The van der Waals surface area contributed by atoms with E-state index < -0.39 is 5.60 Å². The number of rotatable bonds is 3. The van der Waals surface area contributed by atoms with E-state index in [0.717, 1.165) is 37.3 Å². The molecule has 18 heavy (non-hydrogen) atoms. The number of nitrogens with zero attached hydrogens (tertiary/aromatic N) is 2. The lowest BCUT2D eigenvalue weighted by Gasteiger charge is -2.35. The van der Waals surface area contributed by atoms with Crippen LogP contribution in [0.25, 0.3) is 0 Å². The first-order valence-electron chi connectivity index (χ1n) is 6.44. The largest absolute Gasteiger partial charge is 0.388 e. The highest BCUT2D eigenvalue weighted by atomic mass is 16.3. The number of hydrogen-bond donors (Lipinski definition) is 2. The monoisotopic (exact) mass is 245 g/mol. The van der Waals surface area contributed by atoms with E-state index in [4.69, 9.17) is 5.26 Å². The fourth-order valence-electron chi connectivity index (χ4n) is 2.31. The van der Waals surface area contributed by atoms with Crippen molar-refractivity contribution >= 4 is 5.69 Å². The van der Waals surface area contributed by atoms with E-state index in [-0.39, 0.29) is 0 Å². The maximum atomic E-state index is 10.4. The zero-order valence-electron chi connectivity index (χ0n) is 10.7. The molecule has 1 aliphatic rings. The zero-order valence-corrected chi connectivity index (χ0v) is 10.7. The summed E-state index contributed by atoms with van der Waals surface area (Å²) in [5.74, 6) is 0.724. The van der Waals surface area contributed by atoms with Crippen LogP contribution < -0.4 is 5.32 Å². The standard InChI is InChI=1S/C14H19N3O/c1-11-4-6-14(18,7-5-11)10-17-13-3-2-12(8-15)16-9-13/h2-3,9,11,17-18H,4-7,10H2,1H3. The van der Waals surface area contributed by atoms with Gasteiger partial charge in [-0.1, -0.05) is 6.92 Å². The fraction of sp³-hybridized carbons (Fsp3) is 0.571. The molecule has 1 heterocycles. The van der Waals surface area contributed by atoms with E-state index in [0.29, 0.717) is 12.2 Å². The van der Waals surface area contributed by atoms with Gasteiger partial charge in [0.15, 0.2) is 0 Å². The maximum Gasteiger partial charge on any atom is 0.140 e. The summed E-state index contributed by atoms with van der Waals surface area (Å²) in [4.78, 5) is 3.99. The number of nitriles is 1. The molecule has 0 radical (unpaired) electrons. The van der Waals surface area contributed by atoms with Crippen LogP contribution in [0, 0.1) is 17.2 Å². The van der Waals surface area contributed by atoms with Gasteiger partial charge in [-0.15, -0.1) is 0 Å². The van der Waals surface area contributed by atoms with Crippen molar-refractivity contribution in [2.45, 2.75) is 38.2 Å². The van der Waals surface area contributed by atoms with Gasteiger partial charge in [0, 0.05) is 6.54 Å². The van der Waals surface area contributed by atoms with Crippen molar-refractivity contribution in [2.24, 2.45) is 5.92 Å². The van der Waals surface area contributed by atoms with Gasteiger partial charge < -0.3 is 10.4 Å². The van der Waals surface area contributed by atoms with Crippen molar-refractivity contribution < 1.29 is 5.11 Å². The summed E-state index contributed by atoms with van der Waals surface area (Å²) < 4.78 is 0. The highest BCUT2D eigenvalue weighted by Crippen LogP contribution is 2.31. The summed E-state index contributed by atoms with van der Waals surface area (Å²) in [6.07, 6.45) is 5.51. The Hall–Kier alpha value is -1.60. The minimum atomic E-state index is -0.597. The van der Waals surface area contributed by atoms with E-state index in [9.17, 15) is 5.11 Å². The average molecular weight is 245 g/mol. The molecule has 0 atom stereocenters. The predicted octanol–water partition coefficient (Wildman–Crippen LogP) is 2.31. The second kappa shape index (κ2) is 5.36. The SMILES string of the molecule is CC1CCC(O)(CNc2ccc(C#N)nc2)CC1. The second-order valence-electron chi connectivity index (χ2n) is 5.30. The normalized spacial score (nSPS) is 27.5. The lowest BCUT2D eigenvalue weighted by Crippen LogP contribution is -2.40. The Morgan fingerprint density at radius 2 is 2.22 bits per heavy atom. The highest BCUT2D eigenvalue weighted by Gasteiger charge is 2.31. The molecule has 1 aliphatic carbocycles. The highest BCUT2D eigenvalue weighted by molar-refractivity contribution is 5.43. The summed E-state index contributed by atoms with van der Waals surface area (Å²) in [5.41, 5.74) is 0.659. The number of aliphatic hydroxyl groups is 1. The van der Waals surface area contributed by atoms with E-state index in [1.54, 1.807) is 12.3 Å². The van der Waals surface area contributed by atoms with E-state index in [1.807, 2.05) is 12.1 Å². The first-order chi connectivity index (χ1) is 8.61. The number of aromatic nitrogens is 1. The van der Waals surface area contributed by atoms with Crippen LogP contribution >= 0.6 is 0 Å². The van der Waals surface area contributed by atoms with Crippen LogP contribution in [0.3, 0.4) is 0 Å². The van der Waals surface area contributed by atoms with Crippen molar-refractivity contribution in [3.63, 3.8) is 0 Å². The van der Waals surface area contributed by atoms with Gasteiger partial charge >= 0.3 is 0 Å². The smallest absolute Gasteiger partial charge is 0.140 e. The molecule has 0 aliphatic heterocycles. The first kappa shape index (κ1) is 12.8. The molecule has 2 rings (SSSR count). The van der Waals surface area contributed by atoms with Crippen LogP contribution in [-0.2, 0) is 0 Å². The lowest BCUT2D eigenvalue weighted by atomic mass is 9.79. The van der Waals surface area contributed by atoms with E-state index in [1.165, 1.54) is 0 Å².